The molecule has 0 bridgehead atoms. The first-order valence-corrected chi connectivity index (χ1v) is 6.72. The van der Waals surface area contributed by atoms with Crippen molar-refractivity contribution >= 4 is 22.6 Å². The molecule has 1 aliphatic rings. The molecule has 18 heavy (non-hydrogen) atoms. The Bertz CT molecular complexity index is 623. The van der Waals surface area contributed by atoms with Crippen molar-refractivity contribution in [2.75, 3.05) is 0 Å². The number of hydrogen-bond acceptors (Lipinski definition) is 3. The predicted molar refractivity (Wildman–Crippen MR) is 76.4 cm³/mol. The molecular formula is C14H11IO3. The molecule has 4 heteroatoms. The summed E-state index contributed by atoms with van der Waals surface area (Å²) in [5, 5.41) is 19.4. The Labute approximate surface area is 118 Å². The lowest BCUT2D eigenvalue weighted by molar-refractivity contribution is 0.427. The van der Waals surface area contributed by atoms with Gasteiger partial charge in [0.1, 0.15) is 23.0 Å². The SMILES string of the molecule is Oc1cc(O)c2c(c1)Oc1ccc(I)cc1CC2. The maximum Gasteiger partial charge on any atom is 0.138 e. The fourth-order valence-corrected chi connectivity index (χ4v) is 2.74. The van der Waals surface area contributed by atoms with Gasteiger partial charge in [-0.15, -0.1) is 0 Å². The second-order valence-corrected chi connectivity index (χ2v) is 5.54. The van der Waals surface area contributed by atoms with Gasteiger partial charge in [0.2, 0.25) is 0 Å². The molecule has 0 aliphatic carbocycles. The van der Waals surface area contributed by atoms with Gasteiger partial charge in [-0.1, -0.05) is 0 Å². The van der Waals surface area contributed by atoms with Gasteiger partial charge in [-0.2, -0.15) is 0 Å². The molecule has 0 radical (unpaired) electrons. The molecule has 0 saturated carbocycles. The van der Waals surface area contributed by atoms with E-state index in [4.69, 9.17) is 4.74 Å². The molecule has 0 unspecified atom stereocenters. The van der Waals surface area contributed by atoms with Crippen molar-refractivity contribution in [3.05, 3.63) is 45.0 Å². The number of hydrogen-bond donors (Lipinski definition) is 2. The van der Waals surface area contributed by atoms with Crippen molar-refractivity contribution < 1.29 is 14.9 Å². The maximum atomic E-state index is 9.85. The van der Waals surface area contributed by atoms with Crippen LogP contribution in [-0.2, 0) is 12.8 Å². The second kappa shape index (κ2) is 4.35. The zero-order chi connectivity index (χ0) is 12.7. The first kappa shape index (κ1) is 11.6. The number of benzene rings is 2. The molecule has 3 nitrogen and oxygen atoms in total. The zero-order valence-electron chi connectivity index (χ0n) is 9.48. The molecule has 0 amide bonds. The minimum absolute atomic E-state index is 0.0141. The van der Waals surface area contributed by atoms with Crippen LogP contribution in [0.1, 0.15) is 11.1 Å². The van der Waals surface area contributed by atoms with Gasteiger partial charge in [-0.05, 0) is 59.2 Å². The minimum Gasteiger partial charge on any atom is -0.508 e. The molecule has 1 heterocycles. The summed E-state index contributed by atoms with van der Waals surface area (Å²) in [4.78, 5) is 0. The van der Waals surface area contributed by atoms with E-state index in [-0.39, 0.29) is 11.5 Å². The van der Waals surface area contributed by atoms with Crippen LogP contribution in [0.4, 0.5) is 0 Å². The number of ether oxygens (including phenoxy) is 1. The molecule has 0 aromatic heterocycles. The summed E-state index contributed by atoms with van der Waals surface area (Å²) in [6, 6.07) is 8.88. The van der Waals surface area contributed by atoms with Crippen LogP contribution >= 0.6 is 22.6 Å². The molecule has 0 saturated heterocycles. The Morgan fingerprint density at radius 2 is 1.83 bits per heavy atom. The first-order chi connectivity index (χ1) is 8.63. The summed E-state index contributed by atoms with van der Waals surface area (Å²) in [6.45, 7) is 0. The number of aryl methyl sites for hydroxylation is 1. The molecule has 2 aromatic carbocycles. The Balaban J connectivity index is 2.12. The van der Waals surface area contributed by atoms with Crippen molar-refractivity contribution in [3.8, 4) is 23.0 Å². The smallest absolute Gasteiger partial charge is 0.138 e. The van der Waals surface area contributed by atoms with Gasteiger partial charge < -0.3 is 14.9 Å². The molecular weight excluding hydrogens is 343 g/mol. The fourth-order valence-electron chi connectivity index (χ4n) is 2.18. The Morgan fingerprint density at radius 3 is 2.67 bits per heavy atom. The second-order valence-electron chi connectivity index (χ2n) is 4.30. The van der Waals surface area contributed by atoms with E-state index in [0.717, 1.165) is 26.9 Å². The molecule has 1 aliphatic heterocycles. The van der Waals surface area contributed by atoms with Gasteiger partial charge in [0.15, 0.2) is 0 Å². The molecule has 0 spiro atoms. The highest BCUT2D eigenvalue weighted by Crippen LogP contribution is 2.40. The van der Waals surface area contributed by atoms with Gasteiger partial charge in [0.25, 0.3) is 0 Å². The third-order valence-electron chi connectivity index (χ3n) is 3.06. The zero-order valence-corrected chi connectivity index (χ0v) is 11.6. The van der Waals surface area contributed by atoms with E-state index < -0.39 is 0 Å². The Hall–Kier alpha value is -1.43. The van der Waals surface area contributed by atoms with Crippen LogP contribution in [0.2, 0.25) is 0 Å². The minimum atomic E-state index is 0.0141. The van der Waals surface area contributed by atoms with Crippen molar-refractivity contribution in [1.29, 1.82) is 0 Å². The summed E-state index contributed by atoms with van der Waals surface area (Å²) in [5.74, 6) is 1.43. The van der Waals surface area contributed by atoms with Gasteiger partial charge in [-0.3, -0.25) is 0 Å². The van der Waals surface area contributed by atoms with E-state index in [2.05, 4.69) is 28.7 Å². The number of phenolic OH excluding ortho intramolecular Hbond substituents is 2. The highest BCUT2D eigenvalue weighted by atomic mass is 127. The van der Waals surface area contributed by atoms with Crippen molar-refractivity contribution in [3.63, 3.8) is 0 Å². The van der Waals surface area contributed by atoms with Crippen LogP contribution in [0.25, 0.3) is 0 Å². The number of aromatic hydroxyl groups is 2. The quantitative estimate of drug-likeness (QED) is 0.711. The van der Waals surface area contributed by atoms with E-state index in [9.17, 15) is 10.2 Å². The van der Waals surface area contributed by atoms with Crippen molar-refractivity contribution in [2.24, 2.45) is 0 Å². The number of halogens is 1. The number of phenols is 2. The third kappa shape index (κ3) is 2.01. The van der Waals surface area contributed by atoms with E-state index in [1.807, 2.05) is 12.1 Å². The van der Waals surface area contributed by atoms with Crippen LogP contribution in [0.15, 0.2) is 30.3 Å². The van der Waals surface area contributed by atoms with Crippen LogP contribution in [0, 0.1) is 3.57 Å². The summed E-state index contributed by atoms with van der Waals surface area (Å²) < 4.78 is 6.96. The molecule has 0 fully saturated rings. The predicted octanol–water partition coefficient (Wildman–Crippen LogP) is 3.59. The fraction of sp³-hybridized carbons (Fsp3) is 0.143. The molecule has 3 rings (SSSR count). The number of fused-ring (bicyclic) bond motifs is 2. The van der Waals surface area contributed by atoms with Gasteiger partial charge in [0.05, 0.1) is 0 Å². The van der Waals surface area contributed by atoms with E-state index >= 15 is 0 Å². The average molecular weight is 354 g/mol. The van der Waals surface area contributed by atoms with Crippen LogP contribution in [0.3, 0.4) is 0 Å². The van der Waals surface area contributed by atoms with Crippen molar-refractivity contribution in [2.45, 2.75) is 12.8 Å². The summed E-state index contributed by atoms with van der Waals surface area (Å²) in [6.07, 6.45) is 1.52. The molecule has 92 valence electrons. The van der Waals surface area contributed by atoms with Crippen LogP contribution in [-0.4, -0.2) is 10.2 Å². The summed E-state index contributed by atoms with van der Waals surface area (Å²) in [7, 11) is 0. The highest BCUT2D eigenvalue weighted by molar-refractivity contribution is 14.1. The normalized spacial score (nSPS) is 13.2. The standard InChI is InChI=1S/C14H11IO3/c15-9-2-4-13-8(5-9)1-3-11-12(17)6-10(16)7-14(11)18-13/h2,4-7,16-17H,1,3H2. The lowest BCUT2D eigenvalue weighted by atomic mass is 10.0. The lowest BCUT2D eigenvalue weighted by Gasteiger charge is -2.10. The third-order valence-corrected chi connectivity index (χ3v) is 3.73. The molecule has 0 atom stereocenters. The first-order valence-electron chi connectivity index (χ1n) is 5.64. The van der Waals surface area contributed by atoms with E-state index in [0.29, 0.717) is 12.2 Å². The van der Waals surface area contributed by atoms with Gasteiger partial charge in [-0.25, -0.2) is 0 Å². The van der Waals surface area contributed by atoms with E-state index in [1.54, 1.807) is 6.07 Å². The average Bonchev–Trinajstić information content (AvgIpc) is 2.47. The van der Waals surface area contributed by atoms with E-state index in [1.165, 1.54) is 6.07 Å². The Kier molecular flexibility index (Phi) is 2.81. The Morgan fingerprint density at radius 1 is 1.00 bits per heavy atom. The highest BCUT2D eigenvalue weighted by Gasteiger charge is 2.18. The summed E-state index contributed by atoms with van der Waals surface area (Å²) >= 11 is 2.27. The number of rotatable bonds is 0. The monoisotopic (exact) mass is 354 g/mol. The van der Waals surface area contributed by atoms with Crippen LogP contribution < -0.4 is 4.74 Å². The topological polar surface area (TPSA) is 49.7 Å². The lowest BCUT2D eigenvalue weighted by Crippen LogP contribution is -1.89. The van der Waals surface area contributed by atoms with Crippen LogP contribution in [0.5, 0.6) is 23.0 Å². The molecule has 2 N–H and O–H groups in total. The van der Waals surface area contributed by atoms with Gasteiger partial charge in [0, 0.05) is 21.3 Å². The summed E-state index contributed by atoms with van der Waals surface area (Å²) in [5.41, 5.74) is 1.87. The van der Waals surface area contributed by atoms with Crippen molar-refractivity contribution in [1.82, 2.24) is 0 Å². The van der Waals surface area contributed by atoms with Gasteiger partial charge >= 0.3 is 0 Å². The maximum absolute atomic E-state index is 9.85. The molecule has 2 aromatic rings. The largest absolute Gasteiger partial charge is 0.508 e.